The number of pyridine rings is 1. The minimum Gasteiger partial charge on any atom is -0.481 e. The lowest BCUT2D eigenvalue weighted by molar-refractivity contribution is -0.142. The molecule has 32 heavy (non-hydrogen) atoms. The van der Waals surface area contributed by atoms with Crippen molar-refractivity contribution in [1.29, 1.82) is 0 Å². The summed E-state index contributed by atoms with van der Waals surface area (Å²) in [6.45, 7) is 0. The molecule has 160 valence electrons. The second-order valence-electron chi connectivity index (χ2n) is 7.76. The molecule has 2 heterocycles. The van der Waals surface area contributed by atoms with E-state index in [2.05, 4.69) is 26.2 Å². The molecular weight excluding hydrogens is 494 g/mol. The molecule has 0 aliphatic heterocycles. The van der Waals surface area contributed by atoms with Crippen LogP contribution in [0, 0.1) is 5.92 Å². The summed E-state index contributed by atoms with van der Waals surface area (Å²) >= 11 is 9.39. The number of hydrogen-bond acceptors (Lipinski definition) is 3. The van der Waals surface area contributed by atoms with E-state index in [4.69, 9.17) is 11.6 Å². The topological polar surface area (TPSA) is 83.7 Å². The molecule has 0 fully saturated rings. The molecule has 5 rings (SSSR count). The SMILES string of the molecule is O=C(NC1c2ccc(Br)cc2CC1C(=O)O)c1cn2cc(-c3ccc(Cl)cc3)ccc2n1. The van der Waals surface area contributed by atoms with E-state index >= 15 is 0 Å². The molecule has 8 heteroatoms. The number of carboxylic acid groups (broad SMARTS) is 1. The van der Waals surface area contributed by atoms with Crippen molar-refractivity contribution >= 4 is 45.1 Å². The Hall–Kier alpha value is -3.16. The molecule has 6 nitrogen and oxygen atoms in total. The quantitative estimate of drug-likeness (QED) is 0.398. The second-order valence-corrected chi connectivity index (χ2v) is 9.11. The van der Waals surface area contributed by atoms with Crippen LogP contribution in [0.3, 0.4) is 0 Å². The largest absolute Gasteiger partial charge is 0.481 e. The number of fused-ring (bicyclic) bond motifs is 2. The van der Waals surface area contributed by atoms with E-state index in [0.29, 0.717) is 17.1 Å². The Bertz CT molecular complexity index is 1370. The lowest BCUT2D eigenvalue weighted by atomic mass is 10.0. The van der Waals surface area contributed by atoms with Gasteiger partial charge in [0.2, 0.25) is 0 Å². The summed E-state index contributed by atoms with van der Waals surface area (Å²) in [7, 11) is 0. The van der Waals surface area contributed by atoms with Gasteiger partial charge in [0.25, 0.3) is 5.91 Å². The predicted molar refractivity (Wildman–Crippen MR) is 125 cm³/mol. The van der Waals surface area contributed by atoms with E-state index < -0.39 is 23.8 Å². The Balaban J connectivity index is 1.43. The van der Waals surface area contributed by atoms with Crippen LogP contribution in [0.4, 0.5) is 0 Å². The van der Waals surface area contributed by atoms with Crippen LogP contribution in [0.15, 0.2) is 71.5 Å². The number of imidazole rings is 1. The van der Waals surface area contributed by atoms with Crippen LogP contribution < -0.4 is 5.32 Å². The molecule has 0 radical (unpaired) electrons. The first-order chi connectivity index (χ1) is 15.4. The maximum absolute atomic E-state index is 13.0. The summed E-state index contributed by atoms with van der Waals surface area (Å²) in [5.41, 5.74) is 4.54. The van der Waals surface area contributed by atoms with Crippen molar-refractivity contribution in [2.45, 2.75) is 12.5 Å². The fourth-order valence-corrected chi connectivity index (χ4v) is 4.70. The number of nitrogens with one attached hydrogen (secondary N) is 1. The summed E-state index contributed by atoms with van der Waals surface area (Å²) in [5, 5.41) is 13.2. The Morgan fingerprint density at radius 3 is 2.56 bits per heavy atom. The zero-order chi connectivity index (χ0) is 22.4. The van der Waals surface area contributed by atoms with Crippen LogP contribution >= 0.6 is 27.5 Å². The van der Waals surface area contributed by atoms with Crippen molar-refractivity contribution in [2.75, 3.05) is 0 Å². The van der Waals surface area contributed by atoms with Gasteiger partial charge in [-0.15, -0.1) is 0 Å². The standard InChI is InChI=1S/C24H17BrClN3O3/c25-16-4-7-18-15(9-16)10-19(24(31)32)22(18)28-23(30)20-12-29-11-14(3-8-21(29)27-20)13-1-5-17(26)6-2-13/h1-9,11-12,19,22H,10H2,(H,28,30)(H,31,32). The van der Waals surface area contributed by atoms with Gasteiger partial charge in [0.1, 0.15) is 11.3 Å². The van der Waals surface area contributed by atoms with Gasteiger partial charge in [0.05, 0.1) is 12.0 Å². The Kier molecular flexibility index (Phi) is 5.23. The van der Waals surface area contributed by atoms with Crippen LogP contribution in [0.2, 0.25) is 5.02 Å². The fraction of sp³-hybridized carbons (Fsp3) is 0.125. The van der Waals surface area contributed by atoms with Crippen LogP contribution in [-0.2, 0) is 11.2 Å². The number of benzene rings is 2. The molecule has 2 unspecified atom stereocenters. The number of aliphatic carboxylic acids is 1. The number of nitrogens with zero attached hydrogens (tertiary/aromatic N) is 2. The Morgan fingerprint density at radius 2 is 1.81 bits per heavy atom. The van der Waals surface area contributed by atoms with Crippen molar-refractivity contribution in [3.63, 3.8) is 0 Å². The van der Waals surface area contributed by atoms with Crippen LogP contribution in [0.25, 0.3) is 16.8 Å². The van der Waals surface area contributed by atoms with Crippen molar-refractivity contribution in [2.24, 2.45) is 5.92 Å². The second kappa shape index (κ2) is 8.07. The maximum Gasteiger partial charge on any atom is 0.309 e. The molecule has 2 atom stereocenters. The van der Waals surface area contributed by atoms with E-state index in [9.17, 15) is 14.7 Å². The average Bonchev–Trinajstić information content (AvgIpc) is 3.35. The number of aromatic nitrogens is 2. The highest BCUT2D eigenvalue weighted by Crippen LogP contribution is 2.38. The predicted octanol–water partition coefficient (Wildman–Crippen LogP) is 5.15. The molecule has 0 bridgehead atoms. The number of amides is 1. The van der Waals surface area contributed by atoms with Gasteiger partial charge >= 0.3 is 5.97 Å². The fourth-order valence-electron chi connectivity index (χ4n) is 4.16. The minimum atomic E-state index is -0.940. The monoisotopic (exact) mass is 509 g/mol. The number of carboxylic acids is 1. The molecule has 2 N–H and O–H groups in total. The Morgan fingerprint density at radius 1 is 1.06 bits per heavy atom. The van der Waals surface area contributed by atoms with Crippen LogP contribution in [0.1, 0.15) is 27.7 Å². The zero-order valence-corrected chi connectivity index (χ0v) is 19.0. The normalized spacial score (nSPS) is 17.3. The number of carbonyl (C=O) groups excluding carboxylic acids is 1. The van der Waals surface area contributed by atoms with E-state index in [1.807, 2.05) is 60.8 Å². The summed E-state index contributed by atoms with van der Waals surface area (Å²) < 4.78 is 2.66. The first kappa shape index (κ1) is 20.7. The smallest absolute Gasteiger partial charge is 0.309 e. The molecule has 0 saturated heterocycles. The van der Waals surface area contributed by atoms with Gasteiger partial charge in [0, 0.05) is 21.9 Å². The van der Waals surface area contributed by atoms with Gasteiger partial charge in [-0.2, -0.15) is 0 Å². The number of rotatable bonds is 4. The minimum absolute atomic E-state index is 0.230. The molecular formula is C24H17BrClN3O3. The number of carbonyl (C=O) groups is 2. The maximum atomic E-state index is 13.0. The molecule has 0 spiro atoms. The molecule has 1 aliphatic carbocycles. The van der Waals surface area contributed by atoms with E-state index in [-0.39, 0.29) is 5.69 Å². The van der Waals surface area contributed by atoms with Gasteiger partial charge in [-0.3, -0.25) is 9.59 Å². The van der Waals surface area contributed by atoms with Gasteiger partial charge < -0.3 is 14.8 Å². The number of hydrogen-bond donors (Lipinski definition) is 2. The lowest BCUT2D eigenvalue weighted by Crippen LogP contribution is -2.34. The third-order valence-electron chi connectivity index (χ3n) is 5.75. The van der Waals surface area contributed by atoms with Crippen molar-refractivity contribution in [1.82, 2.24) is 14.7 Å². The summed E-state index contributed by atoms with van der Waals surface area (Å²) in [6.07, 6.45) is 3.91. The van der Waals surface area contributed by atoms with Gasteiger partial charge in [-0.25, -0.2) is 4.98 Å². The van der Waals surface area contributed by atoms with Crippen LogP contribution in [-0.4, -0.2) is 26.4 Å². The molecule has 4 aromatic rings. The summed E-state index contributed by atoms with van der Waals surface area (Å²) in [5.74, 6) is -2.07. The van der Waals surface area contributed by atoms with E-state index in [1.54, 1.807) is 10.6 Å². The third kappa shape index (κ3) is 3.78. The first-order valence-corrected chi connectivity index (χ1v) is 11.1. The van der Waals surface area contributed by atoms with Crippen molar-refractivity contribution < 1.29 is 14.7 Å². The van der Waals surface area contributed by atoms with Gasteiger partial charge in [-0.05, 0) is 65.1 Å². The van der Waals surface area contributed by atoms with E-state index in [1.165, 1.54) is 0 Å². The molecule has 2 aromatic heterocycles. The third-order valence-corrected chi connectivity index (χ3v) is 6.49. The van der Waals surface area contributed by atoms with E-state index in [0.717, 1.165) is 26.7 Å². The van der Waals surface area contributed by atoms with Gasteiger partial charge in [-0.1, -0.05) is 45.7 Å². The Labute approximate surface area is 197 Å². The average molecular weight is 511 g/mol. The van der Waals surface area contributed by atoms with Crippen molar-refractivity contribution in [3.05, 3.63) is 93.3 Å². The summed E-state index contributed by atoms with van der Waals surface area (Å²) in [6, 6.07) is 16.3. The first-order valence-electron chi connectivity index (χ1n) is 9.96. The van der Waals surface area contributed by atoms with Crippen LogP contribution in [0.5, 0.6) is 0 Å². The number of halogens is 2. The molecule has 1 aliphatic rings. The molecule has 2 aromatic carbocycles. The highest BCUT2D eigenvalue weighted by Gasteiger charge is 2.38. The zero-order valence-electron chi connectivity index (χ0n) is 16.6. The highest BCUT2D eigenvalue weighted by atomic mass is 79.9. The lowest BCUT2D eigenvalue weighted by Gasteiger charge is -2.18. The highest BCUT2D eigenvalue weighted by molar-refractivity contribution is 9.10. The van der Waals surface area contributed by atoms with Gasteiger partial charge in [0.15, 0.2) is 0 Å². The van der Waals surface area contributed by atoms with Crippen molar-refractivity contribution in [3.8, 4) is 11.1 Å². The molecule has 0 saturated carbocycles. The molecule has 1 amide bonds. The summed E-state index contributed by atoms with van der Waals surface area (Å²) in [4.78, 5) is 29.2.